The number of aryl methyl sites for hydroxylation is 1. The lowest BCUT2D eigenvalue weighted by molar-refractivity contribution is -0.147. The minimum Gasteiger partial charge on any atom is -0.464 e. The highest BCUT2D eigenvalue weighted by molar-refractivity contribution is 7.90. The first-order valence-electron chi connectivity index (χ1n) is 8.96. The monoisotopic (exact) mass is 389 g/mol. The number of para-hydroxylation sites is 1. The number of anilines is 1. The van der Waals surface area contributed by atoms with E-state index >= 15 is 0 Å². The Morgan fingerprint density at radius 3 is 2.78 bits per heavy atom. The van der Waals surface area contributed by atoms with Gasteiger partial charge in [-0.05, 0) is 49.4 Å². The van der Waals surface area contributed by atoms with Gasteiger partial charge in [-0.15, -0.1) is 0 Å². The van der Waals surface area contributed by atoms with E-state index in [1.807, 2.05) is 12.1 Å². The van der Waals surface area contributed by atoms with Gasteiger partial charge < -0.3 is 4.74 Å². The summed E-state index contributed by atoms with van der Waals surface area (Å²) in [5.41, 5.74) is 1.54. The number of carbonyl (C=O) groups is 1. The molecule has 0 saturated carbocycles. The number of hydrogen-bond donors (Lipinski definition) is 1. The van der Waals surface area contributed by atoms with E-state index in [0.717, 1.165) is 12.0 Å². The van der Waals surface area contributed by atoms with Crippen LogP contribution in [0.2, 0.25) is 0 Å². The second kappa shape index (κ2) is 8.96. The summed E-state index contributed by atoms with van der Waals surface area (Å²) < 4.78 is 34.3. The highest BCUT2D eigenvalue weighted by atomic mass is 32.2. The van der Waals surface area contributed by atoms with Gasteiger partial charge in [-0.1, -0.05) is 24.3 Å². The molecule has 1 aliphatic rings. The van der Waals surface area contributed by atoms with Crippen LogP contribution in [0, 0.1) is 0 Å². The van der Waals surface area contributed by atoms with E-state index in [-0.39, 0.29) is 6.61 Å². The summed E-state index contributed by atoms with van der Waals surface area (Å²) >= 11 is 0. The van der Waals surface area contributed by atoms with Crippen molar-refractivity contribution in [1.29, 1.82) is 0 Å². The van der Waals surface area contributed by atoms with Crippen molar-refractivity contribution in [2.45, 2.75) is 31.7 Å². The van der Waals surface area contributed by atoms with Gasteiger partial charge in [-0.25, -0.2) is 0 Å². The Hall–Kier alpha value is -2.45. The number of rotatable bonds is 8. The van der Waals surface area contributed by atoms with Gasteiger partial charge in [-0.2, -0.15) is 12.7 Å². The summed E-state index contributed by atoms with van der Waals surface area (Å²) in [7, 11) is -3.81. The van der Waals surface area contributed by atoms with Crippen LogP contribution < -0.4 is 4.72 Å². The van der Waals surface area contributed by atoms with E-state index in [9.17, 15) is 13.2 Å². The molecule has 1 aliphatic heterocycles. The Bertz CT molecular complexity index is 844. The molecule has 1 saturated heterocycles. The van der Waals surface area contributed by atoms with Crippen LogP contribution in [0.1, 0.15) is 24.8 Å². The van der Waals surface area contributed by atoms with E-state index in [4.69, 9.17) is 4.74 Å². The molecule has 1 aromatic heterocycles. The molecule has 2 aromatic rings. The molecule has 1 atom stereocenters. The largest absolute Gasteiger partial charge is 0.464 e. The van der Waals surface area contributed by atoms with E-state index in [1.54, 1.807) is 42.7 Å². The average molecular weight is 389 g/mol. The first kappa shape index (κ1) is 19.3. The molecular formula is C19H23N3O4S. The predicted molar refractivity (Wildman–Crippen MR) is 102 cm³/mol. The predicted octanol–water partition coefficient (Wildman–Crippen LogP) is 2.38. The lowest BCUT2D eigenvalue weighted by Crippen LogP contribution is -2.44. The van der Waals surface area contributed by atoms with Crippen LogP contribution in [0.25, 0.3) is 0 Å². The van der Waals surface area contributed by atoms with Crippen molar-refractivity contribution in [2.75, 3.05) is 17.9 Å². The lowest BCUT2D eigenvalue weighted by atomic mass is 10.2. The zero-order chi connectivity index (χ0) is 19.1. The van der Waals surface area contributed by atoms with Crippen LogP contribution in [0.4, 0.5) is 5.69 Å². The van der Waals surface area contributed by atoms with E-state index in [1.165, 1.54) is 4.31 Å². The maximum atomic E-state index is 12.6. The van der Waals surface area contributed by atoms with Crippen molar-refractivity contribution in [3.63, 3.8) is 0 Å². The number of pyridine rings is 1. The van der Waals surface area contributed by atoms with Crippen molar-refractivity contribution in [2.24, 2.45) is 0 Å². The zero-order valence-corrected chi connectivity index (χ0v) is 15.8. The normalized spacial score (nSPS) is 17.6. The van der Waals surface area contributed by atoms with Crippen molar-refractivity contribution in [1.82, 2.24) is 9.29 Å². The van der Waals surface area contributed by atoms with Crippen LogP contribution in [0.15, 0.2) is 54.9 Å². The third-order valence-electron chi connectivity index (χ3n) is 4.38. The summed E-state index contributed by atoms with van der Waals surface area (Å²) in [6.07, 6.45) is 6.01. The van der Waals surface area contributed by atoms with Gasteiger partial charge >= 0.3 is 16.2 Å². The van der Waals surface area contributed by atoms with Gasteiger partial charge in [0.15, 0.2) is 0 Å². The molecule has 0 amide bonds. The number of nitrogens with zero attached hydrogens (tertiary/aromatic N) is 2. The maximum absolute atomic E-state index is 12.6. The van der Waals surface area contributed by atoms with Crippen molar-refractivity contribution in [3.8, 4) is 0 Å². The number of aromatic nitrogens is 1. The second-order valence-electron chi connectivity index (χ2n) is 6.37. The van der Waals surface area contributed by atoms with Crippen LogP contribution in [0.5, 0.6) is 0 Å². The van der Waals surface area contributed by atoms with Crippen molar-refractivity contribution < 1.29 is 17.9 Å². The van der Waals surface area contributed by atoms with Gasteiger partial charge in [0, 0.05) is 24.6 Å². The molecule has 0 bridgehead atoms. The smallest absolute Gasteiger partial charge is 0.324 e. The van der Waals surface area contributed by atoms with Crippen molar-refractivity contribution in [3.05, 3.63) is 60.4 Å². The standard InChI is InChI=1S/C19H23N3O4S/c23-19(26-14-6-8-16-7-4-12-20-15-16)18-11-5-13-22(18)27(24,25)21-17-9-2-1-3-10-17/h1-4,7,9-10,12,15,18,21H,5-6,8,11,13-14H2/t18-/m0/s1. The quantitative estimate of drug-likeness (QED) is 0.553. The van der Waals surface area contributed by atoms with Crippen LogP contribution in [-0.4, -0.2) is 42.9 Å². The number of ether oxygens (including phenoxy) is 1. The molecule has 0 aliphatic carbocycles. The molecule has 0 unspecified atom stereocenters. The number of esters is 1. The Kier molecular flexibility index (Phi) is 6.41. The lowest BCUT2D eigenvalue weighted by Gasteiger charge is -2.23. The van der Waals surface area contributed by atoms with Crippen LogP contribution >= 0.6 is 0 Å². The fourth-order valence-corrected chi connectivity index (χ4v) is 4.52. The number of hydrogen-bond acceptors (Lipinski definition) is 5. The average Bonchev–Trinajstić information content (AvgIpc) is 3.17. The van der Waals surface area contributed by atoms with Gasteiger partial charge in [0.25, 0.3) is 0 Å². The Morgan fingerprint density at radius 2 is 2.04 bits per heavy atom. The van der Waals surface area contributed by atoms with Crippen LogP contribution in [0.3, 0.4) is 0 Å². The van der Waals surface area contributed by atoms with Gasteiger partial charge in [-0.3, -0.25) is 14.5 Å². The molecule has 3 rings (SSSR count). The molecule has 2 heterocycles. The van der Waals surface area contributed by atoms with Crippen molar-refractivity contribution >= 4 is 21.9 Å². The Labute approximate surface area is 159 Å². The van der Waals surface area contributed by atoms with Gasteiger partial charge in [0.2, 0.25) is 0 Å². The van der Waals surface area contributed by atoms with E-state index in [2.05, 4.69) is 9.71 Å². The highest BCUT2D eigenvalue weighted by Gasteiger charge is 2.39. The first-order chi connectivity index (χ1) is 13.1. The molecule has 1 fully saturated rings. The molecule has 27 heavy (non-hydrogen) atoms. The summed E-state index contributed by atoms with van der Waals surface area (Å²) in [5.74, 6) is -0.489. The fourth-order valence-electron chi connectivity index (χ4n) is 3.07. The highest BCUT2D eigenvalue weighted by Crippen LogP contribution is 2.23. The second-order valence-corrected chi connectivity index (χ2v) is 8.00. The SMILES string of the molecule is O=C(OCCCc1cccnc1)[C@@H]1CCCN1S(=O)(=O)Nc1ccccc1. The Balaban J connectivity index is 1.53. The summed E-state index contributed by atoms with van der Waals surface area (Å²) in [6.45, 7) is 0.557. The number of nitrogens with one attached hydrogen (secondary N) is 1. The Morgan fingerprint density at radius 1 is 1.22 bits per heavy atom. The van der Waals surface area contributed by atoms with E-state index < -0.39 is 22.2 Å². The van der Waals surface area contributed by atoms with E-state index in [0.29, 0.717) is 31.5 Å². The molecule has 8 heteroatoms. The number of carbonyl (C=O) groups excluding carboxylic acids is 1. The van der Waals surface area contributed by atoms with Gasteiger partial charge in [0.1, 0.15) is 6.04 Å². The third-order valence-corrected chi connectivity index (χ3v) is 5.93. The first-order valence-corrected chi connectivity index (χ1v) is 10.4. The summed E-state index contributed by atoms with van der Waals surface area (Å²) in [4.78, 5) is 16.4. The zero-order valence-electron chi connectivity index (χ0n) is 15.0. The maximum Gasteiger partial charge on any atom is 0.324 e. The minimum absolute atomic E-state index is 0.254. The minimum atomic E-state index is -3.81. The molecule has 1 aromatic carbocycles. The van der Waals surface area contributed by atoms with Gasteiger partial charge in [0.05, 0.1) is 6.61 Å². The topological polar surface area (TPSA) is 88.6 Å². The molecule has 7 nitrogen and oxygen atoms in total. The molecule has 1 N–H and O–H groups in total. The fraction of sp³-hybridized carbons (Fsp3) is 0.368. The molecule has 0 radical (unpaired) electrons. The van der Waals surface area contributed by atoms with Crippen LogP contribution in [-0.2, 0) is 26.2 Å². The summed E-state index contributed by atoms with van der Waals surface area (Å²) in [6, 6.07) is 11.7. The summed E-state index contributed by atoms with van der Waals surface area (Å²) in [5, 5.41) is 0. The third kappa shape index (κ3) is 5.27. The molecule has 0 spiro atoms. The molecular weight excluding hydrogens is 366 g/mol. The molecule has 144 valence electrons. The number of benzene rings is 1.